The molecule has 0 spiro atoms. The van der Waals surface area contributed by atoms with Crippen molar-refractivity contribution in [2.75, 3.05) is 14.2 Å². The number of fused-ring (bicyclic) bond motifs is 3. The third kappa shape index (κ3) is 3.26. The molecule has 0 radical (unpaired) electrons. The molecule has 0 amide bonds. The van der Waals surface area contributed by atoms with Gasteiger partial charge in [0.1, 0.15) is 5.41 Å². The summed E-state index contributed by atoms with van der Waals surface area (Å²) in [5.74, 6) is -3.89. The summed E-state index contributed by atoms with van der Waals surface area (Å²) < 4.78 is 13.2. The highest BCUT2D eigenvalue weighted by Crippen LogP contribution is 2.62. The average molecular weight is 546 g/mol. The molecule has 0 saturated carbocycles. The molecule has 3 atom stereocenters. The Hall–Kier alpha value is -3.71. The molecule has 0 aliphatic heterocycles. The zero-order valence-electron chi connectivity index (χ0n) is 20.0. The Morgan fingerprint density at radius 1 is 0.861 bits per heavy atom. The molecule has 7 heteroatoms. The number of rotatable bonds is 5. The third-order valence-corrected chi connectivity index (χ3v) is 7.80. The van der Waals surface area contributed by atoms with Crippen molar-refractivity contribution in [1.82, 2.24) is 4.57 Å². The molecule has 36 heavy (non-hydrogen) atoms. The van der Waals surface area contributed by atoms with Crippen molar-refractivity contribution in [3.05, 3.63) is 106 Å². The lowest BCUT2D eigenvalue weighted by Crippen LogP contribution is -2.43. The summed E-state index contributed by atoms with van der Waals surface area (Å²) in [6.07, 6.45) is 0. The molecule has 0 bridgehead atoms. The van der Waals surface area contributed by atoms with Crippen molar-refractivity contribution in [1.29, 1.82) is 0 Å². The lowest BCUT2D eigenvalue weighted by atomic mass is 9.64. The first-order valence-corrected chi connectivity index (χ1v) is 12.3. The minimum atomic E-state index is -1.40. The van der Waals surface area contributed by atoms with E-state index in [1.807, 2.05) is 90.5 Å². The Balaban J connectivity index is 2.00. The Morgan fingerprint density at radius 3 is 2.14 bits per heavy atom. The van der Waals surface area contributed by atoms with Crippen molar-refractivity contribution in [3.8, 4) is 0 Å². The number of benzene rings is 3. The number of ketones is 1. The largest absolute Gasteiger partial charge is 0.468 e. The van der Waals surface area contributed by atoms with Gasteiger partial charge in [0.05, 0.1) is 20.1 Å². The van der Waals surface area contributed by atoms with Crippen molar-refractivity contribution < 1.29 is 23.9 Å². The maximum atomic E-state index is 14.2. The fourth-order valence-electron chi connectivity index (χ4n) is 5.91. The van der Waals surface area contributed by atoms with Crippen LogP contribution < -0.4 is 0 Å². The van der Waals surface area contributed by atoms with Crippen LogP contribution in [0.15, 0.2) is 83.3 Å². The fourth-order valence-corrected chi connectivity index (χ4v) is 6.17. The van der Waals surface area contributed by atoms with E-state index in [-0.39, 0.29) is 0 Å². The van der Waals surface area contributed by atoms with Crippen LogP contribution in [-0.2, 0) is 36.3 Å². The molecule has 1 aromatic heterocycles. The fraction of sp³-hybridized carbons (Fsp3) is 0.207. The molecule has 0 unspecified atom stereocenters. The van der Waals surface area contributed by atoms with Gasteiger partial charge in [0.2, 0.25) is 5.78 Å². The molecule has 3 aromatic carbocycles. The van der Waals surface area contributed by atoms with Crippen LogP contribution >= 0.6 is 15.9 Å². The number of aryl methyl sites for hydroxylation is 1. The highest BCUT2D eigenvalue weighted by atomic mass is 79.9. The minimum absolute atomic E-state index is 0.503. The van der Waals surface area contributed by atoms with Crippen LogP contribution in [0.25, 0.3) is 10.9 Å². The summed E-state index contributed by atoms with van der Waals surface area (Å²) >= 11 is 3.49. The maximum absolute atomic E-state index is 14.2. The van der Waals surface area contributed by atoms with Crippen LogP contribution in [0.5, 0.6) is 0 Å². The van der Waals surface area contributed by atoms with Gasteiger partial charge in [0, 0.05) is 39.6 Å². The monoisotopic (exact) mass is 545 g/mol. The van der Waals surface area contributed by atoms with Crippen LogP contribution in [0, 0.1) is 0 Å². The summed E-state index contributed by atoms with van der Waals surface area (Å²) in [5, 5.41) is 0.824. The number of hydrogen-bond acceptors (Lipinski definition) is 5. The van der Waals surface area contributed by atoms with Crippen LogP contribution in [0.2, 0.25) is 0 Å². The van der Waals surface area contributed by atoms with Crippen LogP contribution in [0.1, 0.15) is 34.2 Å². The smallest absolute Gasteiger partial charge is 0.375 e. The number of methoxy groups -OCH3 is 2. The van der Waals surface area contributed by atoms with Crippen molar-refractivity contribution in [3.63, 3.8) is 0 Å². The minimum Gasteiger partial charge on any atom is -0.468 e. The maximum Gasteiger partial charge on any atom is 0.375 e. The van der Waals surface area contributed by atoms with Crippen molar-refractivity contribution >= 4 is 44.6 Å². The lowest BCUT2D eigenvalue weighted by Gasteiger charge is -2.36. The quantitative estimate of drug-likeness (QED) is 0.260. The summed E-state index contributed by atoms with van der Waals surface area (Å²) in [5.41, 5.74) is 2.14. The number of carbonyl (C=O) groups excluding carboxylic acids is 3. The molecule has 182 valence electrons. The van der Waals surface area contributed by atoms with Gasteiger partial charge in [-0.1, -0.05) is 76.6 Å². The first-order chi connectivity index (χ1) is 17.4. The van der Waals surface area contributed by atoms with E-state index in [1.165, 1.54) is 14.2 Å². The molecular formula is C29H24BrNO5. The van der Waals surface area contributed by atoms with Gasteiger partial charge < -0.3 is 14.0 Å². The lowest BCUT2D eigenvalue weighted by molar-refractivity contribution is -0.153. The number of carbonyl (C=O) groups is 3. The number of aromatic nitrogens is 1. The topological polar surface area (TPSA) is 74.6 Å². The Labute approximate surface area is 217 Å². The second-order valence-electron chi connectivity index (χ2n) is 8.86. The van der Waals surface area contributed by atoms with E-state index in [0.29, 0.717) is 16.8 Å². The van der Waals surface area contributed by atoms with Gasteiger partial charge in [-0.15, -0.1) is 0 Å². The van der Waals surface area contributed by atoms with Gasteiger partial charge in [0.25, 0.3) is 0 Å². The van der Waals surface area contributed by atoms with E-state index in [0.717, 1.165) is 20.9 Å². The van der Waals surface area contributed by atoms with E-state index >= 15 is 0 Å². The van der Waals surface area contributed by atoms with Crippen LogP contribution in [0.3, 0.4) is 0 Å². The number of hydrogen-bond donors (Lipinski definition) is 0. The number of para-hydroxylation sites is 1. The summed E-state index contributed by atoms with van der Waals surface area (Å²) in [4.78, 5) is 40.7. The number of Topliss-reactive ketones (excluding diaryl/α,β-unsaturated/α-hetero) is 1. The van der Waals surface area contributed by atoms with E-state index in [9.17, 15) is 14.4 Å². The summed E-state index contributed by atoms with van der Waals surface area (Å²) in [7, 11) is 4.40. The molecule has 0 saturated heterocycles. The van der Waals surface area contributed by atoms with Crippen LogP contribution in [0.4, 0.5) is 0 Å². The molecule has 4 aromatic rings. The molecule has 6 nitrogen and oxygen atoms in total. The second kappa shape index (κ2) is 9.06. The number of nitrogens with zero attached hydrogens (tertiary/aromatic N) is 1. The molecule has 0 fully saturated rings. The summed E-state index contributed by atoms with van der Waals surface area (Å²) in [6, 6.07) is 24.5. The zero-order chi connectivity index (χ0) is 25.6. The van der Waals surface area contributed by atoms with E-state index < -0.39 is 35.0 Å². The third-order valence-electron chi connectivity index (χ3n) is 7.28. The highest BCUT2D eigenvalue weighted by Gasteiger charge is 2.64. The van der Waals surface area contributed by atoms with Gasteiger partial charge in [0.15, 0.2) is 0 Å². The van der Waals surface area contributed by atoms with Gasteiger partial charge >= 0.3 is 11.9 Å². The molecule has 0 N–H and O–H groups in total. The standard InChI is InChI=1S/C29H24BrNO5/c1-31-21-12-8-7-11-20(21)24-25(31)22(26(32)27(33)35-2)23(17-9-5-4-6-10-17)29(24,28(34)36-3)18-13-15-19(30)16-14-18/h4-16,22-23H,1-3H3/t22-,23-,29-/m1/s1. The first-order valence-electron chi connectivity index (χ1n) is 11.5. The number of esters is 2. The van der Waals surface area contributed by atoms with E-state index in [2.05, 4.69) is 15.9 Å². The second-order valence-corrected chi connectivity index (χ2v) is 9.78. The normalized spacial score (nSPS) is 20.7. The zero-order valence-corrected chi connectivity index (χ0v) is 21.6. The molecule has 5 rings (SSSR count). The van der Waals surface area contributed by atoms with Gasteiger partial charge in [-0.05, 0) is 29.3 Å². The highest BCUT2D eigenvalue weighted by molar-refractivity contribution is 9.10. The van der Waals surface area contributed by atoms with Gasteiger partial charge in [-0.2, -0.15) is 0 Å². The summed E-state index contributed by atoms with van der Waals surface area (Å²) in [6.45, 7) is 0. The van der Waals surface area contributed by atoms with Crippen LogP contribution in [-0.4, -0.2) is 36.5 Å². The molecule has 1 heterocycles. The van der Waals surface area contributed by atoms with Gasteiger partial charge in [-0.3, -0.25) is 9.59 Å². The average Bonchev–Trinajstić information content (AvgIpc) is 3.39. The molecule has 1 aliphatic carbocycles. The van der Waals surface area contributed by atoms with Crippen molar-refractivity contribution in [2.45, 2.75) is 17.3 Å². The van der Waals surface area contributed by atoms with Gasteiger partial charge in [-0.25, -0.2) is 4.79 Å². The first kappa shape index (κ1) is 24.0. The Bertz CT molecular complexity index is 1490. The van der Waals surface area contributed by atoms with E-state index in [4.69, 9.17) is 9.47 Å². The SMILES string of the molecule is COC(=O)C(=O)[C@H]1c2c(c3ccccc3n2C)[C@@](C(=O)OC)(c2ccc(Br)cc2)[C@@H]1c1ccccc1. The predicted molar refractivity (Wildman–Crippen MR) is 139 cm³/mol. The Morgan fingerprint density at radius 2 is 1.50 bits per heavy atom. The molecular weight excluding hydrogens is 522 g/mol. The predicted octanol–water partition coefficient (Wildman–Crippen LogP) is 5.02. The van der Waals surface area contributed by atoms with E-state index in [1.54, 1.807) is 0 Å². The Kier molecular flexibility index (Phi) is 6.04. The number of ether oxygens (including phenoxy) is 2. The number of halogens is 1. The molecule has 1 aliphatic rings. The van der Waals surface area contributed by atoms with Crippen molar-refractivity contribution in [2.24, 2.45) is 7.05 Å².